The molecule has 0 fully saturated rings. The number of ether oxygens (including phenoxy) is 1. The summed E-state index contributed by atoms with van der Waals surface area (Å²) in [5, 5.41) is 4.12. The lowest BCUT2D eigenvalue weighted by Gasteiger charge is -2.03. The van der Waals surface area contributed by atoms with Gasteiger partial charge in [0, 0.05) is 25.7 Å². The SMILES string of the molecule is COCc1ccnn1-c1ncccn1. The quantitative estimate of drug-likeness (QED) is 0.718. The fourth-order valence-electron chi connectivity index (χ4n) is 1.17. The predicted molar refractivity (Wildman–Crippen MR) is 49.9 cm³/mol. The number of nitrogens with zero attached hydrogens (tertiary/aromatic N) is 4. The molecule has 0 aliphatic rings. The van der Waals surface area contributed by atoms with Crippen LogP contribution in [0, 0.1) is 0 Å². The molecule has 5 nitrogen and oxygen atoms in total. The standard InChI is InChI=1S/C9H10N4O/c1-14-7-8-3-6-12-13(8)9-10-4-2-5-11-9/h2-6H,7H2,1H3. The summed E-state index contributed by atoms with van der Waals surface area (Å²) in [4.78, 5) is 8.20. The first kappa shape index (κ1) is 8.83. The largest absolute Gasteiger partial charge is 0.378 e. The Kier molecular flexibility index (Phi) is 2.51. The van der Waals surface area contributed by atoms with Crippen LogP contribution in [0.3, 0.4) is 0 Å². The van der Waals surface area contributed by atoms with E-state index in [1.807, 2.05) is 6.07 Å². The number of hydrogen-bond acceptors (Lipinski definition) is 4. The van der Waals surface area contributed by atoms with Crippen molar-refractivity contribution in [2.24, 2.45) is 0 Å². The van der Waals surface area contributed by atoms with Gasteiger partial charge in [0.2, 0.25) is 0 Å². The van der Waals surface area contributed by atoms with Crippen LogP contribution in [0.2, 0.25) is 0 Å². The van der Waals surface area contributed by atoms with Crippen molar-refractivity contribution in [3.05, 3.63) is 36.4 Å². The molecular weight excluding hydrogens is 180 g/mol. The van der Waals surface area contributed by atoms with Crippen LogP contribution in [0.1, 0.15) is 5.69 Å². The van der Waals surface area contributed by atoms with Crippen LogP contribution in [0.5, 0.6) is 0 Å². The number of aromatic nitrogens is 4. The fraction of sp³-hybridized carbons (Fsp3) is 0.222. The Labute approximate surface area is 81.4 Å². The Morgan fingerprint density at radius 1 is 1.29 bits per heavy atom. The zero-order valence-electron chi connectivity index (χ0n) is 7.79. The molecule has 14 heavy (non-hydrogen) atoms. The molecule has 0 bridgehead atoms. The molecule has 2 heterocycles. The molecule has 0 aliphatic heterocycles. The molecule has 2 rings (SSSR count). The maximum Gasteiger partial charge on any atom is 0.250 e. The van der Waals surface area contributed by atoms with Crippen molar-refractivity contribution in [1.29, 1.82) is 0 Å². The van der Waals surface area contributed by atoms with Gasteiger partial charge in [0.1, 0.15) is 0 Å². The van der Waals surface area contributed by atoms with Crippen LogP contribution in [-0.4, -0.2) is 26.9 Å². The number of methoxy groups -OCH3 is 1. The molecule has 72 valence electrons. The lowest BCUT2D eigenvalue weighted by atomic mass is 10.4. The van der Waals surface area contributed by atoms with Crippen LogP contribution in [-0.2, 0) is 11.3 Å². The van der Waals surface area contributed by atoms with Crippen LogP contribution >= 0.6 is 0 Å². The zero-order valence-corrected chi connectivity index (χ0v) is 7.79. The Bertz CT molecular complexity index is 398. The van der Waals surface area contributed by atoms with Crippen molar-refractivity contribution < 1.29 is 4.74 Å². The normalized spacial score (nSPS) is 10.4. The molecule has 0 saturated carbocycles. The number of hydrogen-bond donors (Lipinski definition) is 0. The van der Waals surface area contributed by atoms with Gasteiger partial charge in [0.05, 0.1) is 12.3 Å². The van der Waals surface area contributed by atoms with Crippen molar-refractivity contribution in [3.63, 3.8) is 0 Å². The molecule has 0 aromatic carbocycles. The molecule has 0 unspecified atom stereocenters. The minimum atomic E-state index is 0.498. The third-order valence-electron chi connectivity index (χ3n) is 1.75. The first-order chi connectivity index (χ1) is 6.92. The Hall–Kier alpha value is -1.75. The van der Waals surface area contributed by atoms with Crippen molar-refractivity contribution in [2.45, 2.75) is 6.61 Å². The maximum absolute atomic E-state index is 5.03. The van der Waals surface area contributed by atoms with E-state index in [9.17, 15) is 0 Å². The minimum Gasteiger partial charge on any atom is -0.378 e. The molecule has 0 atom stereocenters. The van der Waals surface area contributed by atoms with Crippen LogP contribution in [0.25, 0.3) is 5.95 Å². The molecular formula is C9H10N4O. The summed E-state index contributed by atoms with van der Waals surface area (Å²) >= 11 is 0. The van der Waals surface area contributed by atoms with Gasteiger partial charge in [-0.2, -0.15) is 5.10 Å². The van der Waals surface area contributed by atoms with E-state index in [0.717, 1.165) is 5.69 Å². The van der Waals surface area contributed by atoms with Gasteiger partial charge >= 0.3 is 0 Å². The molecule has 0 amide bonds. The van der Waals surface area contributed by atoms with Gasteiger partial charge in [-0.25, -0.2) is 14.6 Å². The van der Waals surface area contributed by atoms with Crippen molar-refractivity contribution >= 4 is 0 Å². The highest BCUT2D eigenvalue weighted by Gasteiger charge is 2.05. The van der Waals surface area contributed by atoms with E-state index in [2.05, 4.69) is 15.1 Å². The summed E-state index contributed by atoms with van der Waals surface area (Å²) in [7, 11) is 1.64. The van der Waals surface area contributed by atoms with E-state index >= 15 is 0 Å². The number of rotatable bonds is 3. The maximum atomic E-state index is 5.03. The van der Waals surface area contributed by atoms with Crippen LogP contribution < -0.4 is 0 Å². The van der Waals surface area contributed by atoms with E-state index in [0.29, 0.717) is 12.6 Å². The smallest absolute Gasteiger partial charge is 0.250 e. The van der Waals surface area contributed by atoms with Crippen LogP contribution in [0.15, 0.2) is 30.7 Å². The molecule has 0 spiro atoms. The molecule has 2 aromatic rings. The lowest BCUT2D eigenvalue weighted by Crippen LogP contribution is -2.06. The highest BCUT2D eigenvalue weighted by molar-refractivity contribution is 5.14. The summed E-state index contributed by atoms with van der Waals surface area (Å²) in [6, 6.07) is 3.64. The van der Waals surface area contributed by atoms with Gasteiger partial charge in [-0.05, 0) is 12.1 Å². The Morgan fingerprint density at radius 3 is 2.79 bits per heavy atom. The van der Waals surface area contributed by atoms with E-state index in [4.69, 9.17) is 4.74 Å². The summed E-state index contributed by atoms with van der Waals surface area (Å²) < 4.78 is 6.69. The second-order valence-electron chi connectivity index (χ2n) is 2.72. The van der Waals surface area contributed by atoms with Gasteiger partial charge in [0.15, 0.2) is 0 Å². The highest BCUT2D eigenvalue weighted by Crippen LogP contribution is 2.05. The fourth-order valence-corrected chi connectivity index (χ4v) is 1.17. The van der Waals surface area contributed by atoms with E-state index in [1.54, 1.807) is 36.4 Å². The monoisotopic (exact) mass is 190 g/mol. The topological polar surface area (TPSA) is 52.8 Å². The van der Waals surface area contributed by atoms with Gasteiger partial charge in [0.25, 0.3) is 5.95 Å². The van der Waals surface area contributed by atoms with Crippen LogP contribution in [0.4, 0.5) is 0 Å². The summed E-state index contributed by atoms with van der Waals surface area (Å²) in [6.45, 7) is 0.498. The van der Waals surface area contributed by atoms with Crippen molar-refractivity contribution in [2.75, 3.05) is 7.11 Å². The molecule has 2 aromatic heterocycles. The molecule has 5 heteroatoms. The summed E-state index contributed by atoms with van der Waals surface area (Å²) in [5.74, 6) is 0.560. The summed E-state index contributed by atoms with van der Waals surface area (Å²) in [6.07, 6.45) is 5.06. The first-order valence-electron chi connectivity index (χ1n) is 4.21. The Balaban J connectivity index is 2.37. The molecule has 0 radical (unpaired) electrons. The third-order valence-corrected chi connectivity index (χ3v) is 1.75. The van der Waals surface area contributed by atoms with E-state index in [1.165, 1.54) is 0 Å². The Morgan fingerprint density at radius 2 is 2.07 bits per heavy atom. The third kappa shape index (κ3) is 1.62. The van der Waals surface area contributed by atoms with Gasteiger partial charge in [-0.1, -0.05) is 0 Å². The van der Waals surface area contributed by atoms with E-state index < -0.39 is 0 Å². The van der Waals surface area contributed by atoms with Gasteiger partial charge in [-0.3, -0.25) is 0 Å². The molecule has 0 aliphatic carbocycles. The highest BCUT2D eigenvalue weighted by atomic mass is 16.5. The zero-order chi connectivity index (χ0) is 9.80. The predicted octanol–water partition coefficient (Wildman–Crippen LogP) is 0.809. The van der Waals surface area contributed by atoms with E-state index in [-0.39, 0.29) is 0 Å². The van der Waals surface area contributed by atoms with Crippen molar-refractivity contribution in [3.8, 4) is 5.95 Å². The average Bonchev–Trinajstić information content (AvgIpc) is 2.68. The van der Waals surface area contributed by atoms with Gasteiger partial charge in [-0.15, -0.1) is 0 Å². The molecule has 0 saturated heterocycles. The lowest BCUT2D eigenvalue weighted by molar-refractivity contribution is 0.179. The first-order valence-corrected chi connectivity index (χ1v) is 4.21. The second kappa shape index (κ2) is 3.97. The summed E-state index contributed by atoms with van der Waals surface area (Å²) in [5.41, 5.74) is 0.929. The average molecular weight is 190 g/mol. The molecule has 0 N–H and O–H groups in total. The van der Waals surface area contributed by atoms with Crippen molar-refractivity contribution in [1.82, 2.24) is 19.7 Å². The minimum absolute atomic E-state index is 0.498. The second-order valence-corrected chi connectivity index (χ2v) is 2.72. The van der Waals surface area contributed by atoms with Gasteiger partial charge < -0.3 is 4.74 Å².